The van der Waals surface area contributed by atoms with E-state index in [0.29, 0.717) is 0 Å². The normalized spacial score (nSPS) is 26.7. The molecule has 2 rings (SSSR count). The highest BCUT2D eigenvalue weighted by Crippen LogP contribution is 2.51. The van der Waals surface area contributed by atoms with Gasteiger partial charge in [0.2, 0.25) is 0 Å². The van der Waals surface area contributed by atoms with Gasteiger partial charge in [-0.2, -0.15) is 0 Å². The lowest BCUT2D eigenvalue weighted by Gasteiger charge is -2.49. The molecule has 1 aliphatic rings. The van der Waals surface area contributed by atoms with Crippen LogP contribution in [0.4, 0.5) is 0 Å². The highest BCUT2D eigenvalue weighted by molar-refractivity contribution is 7.09. The molecule has 0 radical (unpaired) electrons. The lowest BCUT2D eigenvalue weighted by atomic mass is 9.63. The van der Waals surface area contributed by atoms with Crippen LogP contribution in [0.3, 0.4) is 0 Å². The molecular weight excluding hydrogens is 264 g/mol. The van der Waals surface area contributed by atoms with Crippen LogP contribution in [0.15, 0.2) is 5.38 Å². The van der Waals surface area contributed by atoms with Gasteiger partial charge in [0.05, 0.1) is 11.2 Å². The number of nitrogens with one attached hydrogen (secondary N) is 1. The van der Waals surface area contributed by atoms with Gasteiger partial charge in [-0.25, -0.2) is 4.98 Å². The summed E-state index contributed by atoms with van der Waals surface area (Å²) in [5.41, 5.74) is 1.71. The molecular formula is C17H30N2S. The quantitative estimate of drug-likeness (QED) is 0.862. The summed E-state index contributed by atoms with van der Waals surface area (Å²) in [6.45, 7) is 14.8. The van der Waals surface area contributed by atoms with E-state index in [2.05, 4.69) is 52.2 Å². The van der Waals surface area contributed by atoms with Crippen LogP contribution in [-0.2, 0) is 11.0 Å². The largest absolute Gasteiger partial charge is 0.305 e. The topological polar surface area (TPSA) is 24.9 Å². The Hall–Kier alpha value is -0.410. The Morgan fingerprint density at radius 1 is 1.25 bits per heavy atom. The molecule has 1 N–H and O–H groups in total. The number of aromatic nitrogens is 1. The first-order chi connectivity index (χ1) is 9.23. The van der Waals surface area contributed by atoms with E-state index in [9.17, 15) is 0 Å². The van der Waals surface area contributed by atoms with Gasteiger partial charge in [-0.3, -0.25) is 0 Å². The molecule has 1 fully saturated rings. The molecule has 0 amide bonds. The molecule has 0 aromatic carbocycles. The van der Waals surface area contributed by atoms with Crippen LogP contribution in [0.5, 0.6) is 0 Å². The molecule has 0 saturated heterocycles. The van der Waals surface area contributed by atoms with Crippen molar-refractivity contribution in [3.8, 4) is 0 Å². The van der Waals surface area contributed by atoms with Gasteiger partial charge in [0.1, 0.15) is 5.01 Å². The molecule has 0 aliphatic heterocycles. The molecule has 1 aromatic heterocycles. The SMILES string of the molecule is CCNC1(c2nc(C(C)(C)C)cs2)CCCCC1(C)C. The van der Waals surface area contributed by atoms with Crippen LogP contribution in [-0.4, -0.2) is 11.5 Å². The second-order valence-corrected chi connectivity index (χ2v) is 8.67. The number of rotatable bonds is 3. The van der Waals surface area contributed by atoms with Gasteiger partial charge in [0, 0.05) is 10.8 Å². The summed E-state index contributed by atoms with van der Waals surface area (Å²) in [6, 6.07) is 0. The average Bonchev–Trinajstić information content (AvgIpc) is 2.81. The molecule has 0 bridgehead atoms. The van der Waals surface area contributed by atoms with Gasteiger partial charge < -0.3 is 5.32 Å². The van der Waals surface area contributed by atoms with Crippen molar-refractivity contribution < 1.29 is 0 Å². The highest BCUT2D eigenvalue weighted by atomic mass is 32.1. The van der Waals surface area contributed by atoms with Gasteiger partial charge in [0.15, 0.2) is 0 Å². The van der Waals surface area contributed by atoms with Gasteiger partial charge >= 0.3 is 0 Å². The summed E-state index contributed by atoms with van der Waals surface area (Å²) in [7, 11) is 0. The molecule has 2 nitrogen and oxygen atoms in total. The molecule has 1 unspecified atom stereocenters. The average molecular weight is 295 g/mol. The van der Waals surface area contributed by atoms with Crippen molar-refractivity contribution in [2.45, 2.75) is 78.2 Å². The fraction of sp³-hybridized carbons (Fsp3) is 0.824. The second kappa shape index (κ2) is 5.42. The summed E-state index contributed by atoms with van der Waals surface area (Å²) < 4.78 is 0. The minimum atomic E-state index is 0.0637. The number of thiazole rings is 1. The zero-order valence-electron chi connectivity index (χ0n) is 14.0. The first-order valence-electron chi connectivity index (χ1n) is 7.94. The molecule has 3 heteroatoms. The maximum atomic E-state index is 5.05. The molecule has 114 valence electrons. The van der Waals surface area contributed by atoms with Crippen molar-refractivity contribution in [3.05, 3.63) is 16.1 Å². The van der Waals surface area contributed by atoms with Crippen molar-refractivity contribution in [1.29, 1.82) is 0 Å². The minimum absolute atomic E-state index is 0.0637. The Bertz CT molecular complexity index is 452. The molecule has 1 saturated carbocycles. The van der Waals surface area contributed by atoms with Crippen LogP contribution in [0.2, 0.25) is 0 Å². The predicted molar refractivity (Wildman–Crippen MR) is 88.4 cm³/mol. The van der Waals surface area contributed by atoms with E-state index in [0.717, 1.165) is 6.54 Å². The van der Waals surface area contributed by atoms with E-state index < -0.39 is 0 Å². The maximum Gasteiger partial charge on any atom is 0.114 e. The van der Waals surface area contributed by atoms with Crippen LogP contribution in [0.25, 0.3) is 0 Å². The Labute approximate surface area is 128 Å². The lowest BCUT2D eigenvalue weighted by Crippen LogP contribution is -2.55. The van der Waals surface area contributed by atoms with Crippen LogP contribution in [0.1, 0.15) is 77.9 Å². The van der Waals surface area contributed by atoms with Crippen molar-refractivity contribution in [2.24, 2.45) is 5.41 Å². The summed E-state index contributed by atoms with van der Waals surface area (Å²) in [5, 5.41) is 7.38. The minimum Gasteiger partial charge on any atom is -0.305 e. The zero-order chi connectivity index (χ0) is 15.0. The first-order valence-corrected chi connectivity index (χ1v) is 8.82. The Morgan fingerprint density at radius 2 is 1.90 bits per heavy atom. The zero-order valence-corrected chi connectivity index (χ0v) is 14.8. The van der Waals surface area contributed by atoms with E-state index in [1.165, 1.54) is 36.4 Å². The summed E-state index contributed by atoms with van der Waals surface area (Å²) in [6.07, 6.45) is 5.15. The molecule has 1 atom stereocenters. The molecule has 1 heterocycles. The summed E-state index contributed by atoms with van der Waals surface area (Å²) in [5.74, 6) is 0. The van der Waals surface area contributed by atoms with E-state index in [-0.39, 0.29) is 16.4 Å². The first kappa shape index (κ1) is 16.0. The van der Waals surface area contributed by atoms with Gasteiger partial charge in [-0.15, -0.1) is 11.3 Å². The third kappa shape index (κ3) is 2.67. The molecule has 1 aromatic rings. The van der Waals surface area contributed by atoms with Gasteiger partial charge in [-0.05, 0) is 24.8 Å². The number of hydrogen-bond acceptors (Lipinski definition) is 3. The van der Waals surface area contributed by atoms with Crippen molar-refractivity contribution in [1.82, 2.24) is 10.3 Å². The number of hydrogen-bond donors (Lipinski definition) is 1. The fourth-order valence-electron chi connectivity index (χ4n) is 3.42. The van der Waals surface area contributed by atoms with Crippen LogP contribution >= 0.6 is 11.3 Å². The molecule has 1 aliphatic carbocycles. The Morgan fingerprint density at radius 3 is 2.40 bits per heavy atom. The molecule has 20 heavy (non-hydrogen) atoms. The Balaban J connectivity index is 2.45. The maximum absolute atomic E-state index is 5.05. The van der Waals surface area contributed by atoms with E-state index in [4.69, 9.17) is 4.98 Å². The second-order valence-electron chi connectivity index (χ2n) is 7.81. The van der Waals surface area contributed by atoms with Gasteiger partial charge in [-0.1, -0.05) is 54.4 Å². The third-order valence-corrected chi connectivity index (χ3v) is 5.88. The van der Waals surface area contributed by atoms with E-state index in [1.54, 1.807) is 0 Å². The standard InChI is InChI=1S/C17H30N2S/c1-7-18-17(11-9-8-10-16(17,5)6)14-19-13(12-20-14)15(2,3)4/h12,18H,7-11H2,1-6H3. The van der Waals surface area contributed by atoms with Crippen molar-refractivity contribution >= 4 is 11.3 Å². The van der Waals surface area contributed by atoms with E-state index >= 15 is 0 Å². The van der Waals surface area contributed by atoms with Crippen LogP contribution in [0, 0.1) is 5.41 Å². The van der Waals surface area contributed by atoms with E-state index in [1.807, 2.05) is 11.3 Å². The molecule has 0 spiro atoms. The fourth-order valence-corrected chi connectivity index (χ4v) is 4.86. The predicted octanol–water partition coefficient (Wildman–Crippen LogP) is 4.85. The van der Waals surface area contributed by atoms with Gasteiger partial charge in [0.25, 0.3) is 0 Å². The Kier molecular flexibility index (Phi) is 4.32. The highest BCUT2D eigenvalue weighted by Gasteiger charge is 2.49. The summed E-state index contributed by atoms with van der Waals surface area (Å²) in [4.78, 5) is 5.05. The number of nitrogens with zero attached hydrogens (tertiary/aromatic N) is 1. The summed E-state index contributed by atoms with van der Waals surface area (Å²) >= 11 is 1.85. The third-order valence-electron chi connectivity index (χ3n) is 4.88. The monoisotopic (exact) mass is 294 g/mol. The lowest BCUT2D eigenvalue weighted by molar-refractivity contribution is 0.0606. The smallest absolute Gasteiger partial charge is 0.114 e. The van der Waals surface area contributed by atoms with Crippen molar-refractivity contribution in [2.75, 3.05) is 6.54 Å². The van der Waals surface area contributed by atoms with Crippen LogP contribution < -0.4 is 5.32 Å². The van der Waals surface area contributed by atoms with Crippen molar-refractivity contribution in [3.63, 3.8) is 0 Å².